The molecule has 2 N–H and O–H groups in total. The smallest absolute Gasteiger partial charge is 0.319 e. The second-order valence-electron chi connectivity index (χ2n) is 4.39. The maximum Gasteiger partial charge on any atom is 0.319 e. The largest absolute Gasteiger partial charge is 0.381 e. The minimum atomic E-state index is -0.270. The van der Waals surface area contributed by atoms with Crippen molar-refractivity contribution in [1.82, 2.24) is 5.32 Å². The molecule has 0 saturated heterocycles. The predicted octanol–water partition coefficient (Wildman–Crippen LogP) is 2.89. The number of anilines is 1. The second kappa shape index (κ2) is 9.82. The number of carbonyl (C=O) groups is 1. The Morgan fingerprint density at radius 3 is 2.90 bits per heavy atom. The summed E-state index contributed by atoms with van der Waals surface area (Å²) in [5.41, 5.74) is 1.13. The molecule has 0 spiro atoms. The van der Waals surface area contributed by atoms with Crippen molar-refractivity contribution in [3.63, 3.8) is 0 Å². The van der Waals surface area contributed by atoms with E-state index in [0.29, 0.717) is 24.4 Å². The van der Waals surface area contributed by atoms with E-state index >= 15 is 0 Å². The zero-order valence-electron chi connectivity index (χ0n) is 11.8. The van der Waals surface area contributed by atoms with Gasteiger partial charge < -0.3 is 15.4 Å². The minimum Gasteiger partial charge on any atom is -0.381 e. The lowest BCUT2D eigenvalue weighted by Gasteiger charge is -2.08. The molecule has 0 aliphatic heterocycles. The van der Waals surface area contributed by atoms with Crippen LogP contribution in [0.1, 0.15) is 31.7 Å². The average molecular weight is 275 g/mol. The van der Waals surface area contributed by atoms with E-state index in [1.54, 1.807) is 24.3 Å². The molecule has 5 heteroatoms. The number of benzene rings is 1. The van der Waals surface area contributed by atoms with Gasteiger partial charge in [0.15, 0.2) is 0 Å². The summed E-state index contributed by atoms with van der Waals surface area (Å²) >= 11 is 0. The third-order valence-corrected chi connectivity index (χ3v) is 2.64. The molecule has 0 bridgehead atoms. The van der Waals surface area contributed by atoms with Crippen molar-refractivity contribution in [1.29, 1.82) is 5.26 Å². The van der Waals surface area contributed by atoms with Crippen molar-refractivity contribution < 1.29 is 9.53 Å². The number of hydrogen-bond donors (Lipinski definition) is 2. The van der Waals surface area contributed by atoms with Crippen molar-refractivity contribution in [2.45, 2.75) is 26.2 Å². The first-order valence-corrected chi connectivity index (χ1v) is 6.89. The van der Waals surface area contributed by atoms with E-state index in [-0.39, 0.29) is 6.03 Å². The Morgan fingerprint density at radius 2 is 2.15 bits per heavy atom. The van der Waals surface area contributed by atoms with Crippen LogP contribution in [-0.4, -0.2) is 25.8 Å². The summed E-state index contributed by atoms with van der Waals surface area (Å²) in [6.45, 7) is 4.13. The van der Waals surface area contributed by atoms with E-state index in [9.17, 15) is 4.79 Å². The van der Waals surface area contributed by atoms with Crippen LogP contribution in [0.4, 0.5) is 10.5 Å². The van der Waals surface area contributed by atoms with Gasteiger partial charge in [-0.25, -0.2) is 4.79 Å². The molecular weight excluding hydrogens is 254 g/mol. The quantitative estimate of drug-likeness (QED) is 0.716. The molecule has 0 saturated carbocycles. The molecule has 0 heterocycles. The molecule has 1 aromatic carbocycles. The number of nitriles is 1. The zero-order chi connectivity index (χ0) is 14.6. The van der Waals surface area contributed by atoms with Crippen LogP contribution in [0.2, 0.25) is 0 Å². The maximum atomic E-state index is 11.6. The lowest BCUT2D eigenvalue weighted by Crippen LogP contribution is -2.30. The van der Waals surface area contributed by atoms with Crippen LogP contribution in [0.3, 0.4) is 0 Å². The number of hydrogen-bond acceptors (Lipinski definition) is 3. The molecule has 0 aromatic heterocycles. The molecule has 0 unspecified atom stereocenters. The fraction of sp³-hybridized carbons (Fsp3) is 0.467. The Hall–Kier alpha value is -2.06. The molecule has 1 rings (SSSR count). The Morgan fingerprint density at radius 1 is 1.35 bits per heavy atom. The Kier molecular flexibility index (Phi) is 7.85. The molecule has 0 radical (unpaired) electrons. The van der Waals surface area contributed by atoms with Gasteiger partial charge in [-0.3, -0.25) is 0 Å². The van der Waals surface area contributed by atoms with Crippen molar-refractivity contribution >= 4 is 11.7 Å². The van der Waals surface area contributed by atoms with Gasteiger partial charge in [0.25, 0.3) is 0 Å². The lowest BCUT2D eigenvalue weighted by molar-refractivity contribution is 0.129. The summed E-state index contributed by atoms with van der Waals surface area (Å²) in [6.07, 6.45) is 2.99. The van der Waals surface area contributed by atoms with Gasteiger partial charge >= 0.3 is 6.03 Å². The van der Waals surface area contributed by atoms with Crippen molar-refractivity contribution in [2.75, 3.05) is 25.1 Å². The summed E-state index contributed by atoms with van der Waals surface area (Å²) in [7, 11) is 0. The molecule has 20 heavy (non-hydrogen) atoms. The molecular formula is C15H21N3O2. The van der Waals surface area contributed by atoms with Gasteiger partial charge in [0.1, 0.15) is 0 Å². The third-order valence-electron chi connectivity index (χ3n) is 2.64. The van der Waals surface area contributed by atoms with Crippen LogP contribution in [0.25, 0.3) is 0 Å². The first-order valence-electron chi connectivity index (χ1n) is 6.89. The van der Waals surface area contributed by atoms with Crippen molar-refractivity contribution in [3.05, 3.63) is 29.8 Å². The van der Waals surface area contributed by atoms with E-state index in [2.05, 4.69) is 17.6 Å². The summed E-state index contributed by atoms with van der Waals surface area (Å²) in [5.74, 6) is 0. The van der Waals surface area contributed by atoms with Gasteiger partial charge in [-0.1, -0.05) is 19.4 Å². The van der Waals surface area contributed by atoms with E-state index in [1.807, 2.05) is 6.07 Å². The number of carbonyl (C=O) groups excluding carboxylic acids is 1. The molecule has 0 atom stereocenters. The van der Waals surface area contributed by atoms with Gasteiger partial charge in [-0.2, -0.15) is 5.26 Å². The fourth-order valence-corrected chi connectivity index (χ4v) is 1.57. The SMILES string of the molecule is CCCCOCCCNC(=O)Nc1cccc(C#N)c1. The standard InChI is InChI=1S/C15H21N3O2/c1-2-3-9-20-10-5-8-17-15(19)18-14-7-4-6-13(11-14)12-16/h4,6-7,11H,2-3,5,8-10H2,1H3,(H2,17,18,19). The summed E-state index contributed by atoms with van der Waals surface area (Å²) in [6, 6.07) is 8.56. The first kappa shape index (κ1) is 16.0. The van der Waals surface area contributed by atoms with Crippen LogP contribution in [0, 0.1) is 11.3 Å². The van der Waals surface area contributed by atoms with Gasteiger partial charge in [-0.05, 0) is 31.0 Å². The molecule has 0 fully saturated rings. The highest BCUT2D eigenvalue weighted by Gasteiger charge is 2.01. The number of nitrogens with zero attached hydrogens (tertiary/aromatic N) is 1. The molecule has 0 aliphatic rings. The lowest BCUT2D eigenvalue weighted by atomic mass is 10.2. The number of nitrogens with one attached hydrogen (secondary N) is 2. The van der Waals surface area contributed by atoms with Crippen LogP contribution in [0.5, 0.6) is 0 Å². The Labute approximate surface area is 119 Å². The van der Waals surface area contributed by atoms with E-state index in [4.69, 9.17) is 10.00 Å². The summed E-state index contributed by atoms with van der Waals surface area (Å²) < 4.78 is 5.40. The molecule has 1 aromatic rings. The minimum absolute atomic E-state index is 0.270. The number of amides is 2. The molecule has 0 aliphatic carbocycles. The molecule has 108 valence electrons. The highest BCUT2D eigenvalue weighted by Crippen LogP contribution is 2.09. The van der Waals surface area contributed by atoms with Crippen LogP contribution < -0.4 is 10.6 Å². The average Bonchev–Trinajstić information content (AvgIpc) is 2.46. The monoisotopic (exact) mass is 275 g/mol. The number of rotatable bonds is 8. The van der Waals surface area contributed by atoms with Crippen LogP contribution in [0.15, 0.2) is 24.3 Å². The summed E-state index contributed by atoms with van der Waals surface area (Å²) in [4.78, 5) is 11.6. The second-order valence-corrected chi connectivity index (χ2v) is 4.39. The predicted molar refractivity (Wildman–Crippen MR) is 78.5 cm³/mol. The number of unbranched alkanes of at least 4 members (excludes halogenated alkanes) is 1. The maximum absolute atomic E-state index is 11.6. The highest BCUT2D eigenvalue weighted by molar-refractivity contribution is 5.89. The zero-order valence-corrected chi connectivity index (χ0v) is 11.8. The van der Waals surface area contributed by atoms with Crippen molar-refractivity contribution in [3.8, 4) is 6.07 Å². The van der Waals surface area contributed by atoms with E-state index < -0.39 is 0 Å². The molecule has 2 amide bonds. The van der Waals surface area contributed by atoms with Gasteiger partial charge in [-0.15, -0.1) is 0 Å². The number of urea groups is 1. The van der Waals surface area contributed by atoms with Crippen LogP contribution >= 0.6 is 0 Å². The van der Waals surface area contributed by atoms with Gasteiger partial charge in [0, 0.05) is 25.4 Å². The molecule has 5 nitrogen and oxygen atoms in total. The van der Waals surface area contributed by atoms with E-state index in [0.717, 1.165) is 25.9 Å². The number of ether oxygens (including phenoxy) is 1. The van der Waals surface area contributed by atoms with Crippen molar-refractivity contribution in [2.24, 2.45) is 0 Å². The summed E-state index contributed by atoms with van der Waals surface area (Å²) in [5, 5.41) is 14.2. The fourth-order valence-electron chi connectivity index (χ4n) is 1.57. The Bertz CT molecular complexity index is 455. The normalized spacial score (nSPS) is 9.80. The Balaban J connectivity index is 2.15. The van der Waals surface area contributed by atoms with Gasteiger partial charge in [0.2, 0.25) is 0 Å². The first-order chi connectivity index (χ1) is 9.76. The van der Waals surface area contributed by atoms with Crippen LogP contribution in [-0.2, 0) is 4.74 Å². The van der Waals surface area contributed by atoms with Gasteiger partial charge in [0.05, 0.1) is 11.6 Å². The topological polar surface area (TPSA) is 74.2 Å². The third kappa shape index (κ3) is 6.76. The van der Waals surface area contributed by atoms with E-state index in [1.165, 1.54) is 0 Å². The highest BCUT2D eigenvalue weighted by atomic mass is 16.5.